The van der Waals surface area contributed by atoms with Crippen LogP contribution in [0.25, 0.3) is 0 Å². The minimum Gasteiger partial charge on any atom is -0.395 e. The predicted octanol–water partition coefficient (Wildman–Crippen LogP) is -0.956. The fraction of sp³-hybridized carbons (Fsp3) is 1.00. The molecule has 1 fully saturated rings. The fourth-order valence-electron chi connectivity index (χ4n) is 1.26. The van der Waals surface area contributed by atoms with E-state index in [1.54, 1.807) is 0 Å². The molecule has 2 atom stereocenters. The molecule has 1 rings (SSSR count). The predicted molar refractivity (Wildman–Crippen MR) is 34.1 cm³/mol. The topological polar surface area (TPSA) is 43.7 Å². The van der Waals surface area contributed by atoms with E-state index in [4.69, 9.17) is 10.2 Å². The van der Waals surface area contributed by atoms with Crippen molar-refractivity contribution in [2.45, 2.75) is 18.6 Å². The van der Waals surface area contributed by atoms with Crippen LogP contribution in [-0.2, 0) is 0 Å². The quantitative estimate of drug-likeness (QED) is 0.482. The summed E-state index contributed by atoms with van der Waals surface area (Å²) in [6, 6.07) is 0.181. The maximum absolute atomic E-state index is 9.05. The lowest BCUT2D eigenvalue weighted by molar-refractivity contribution is 0.180. The van der Waals surface area contributed by atoms with Crippen molar-refractivity contribution in [1.82, 2.24) is 4.90 Å². The van der Waals surface area contributed by atoms with Gasteiger partial charge in [-0.15, -0.1) is 0 Å². The molecule has 0 saturated carbocycles. The maximum atomic E-state index is 9.05. The third-order valence-corrected chi connectivity index (χ3v) is 1.88. The van der Waals surface area contributed by atoms with E-state index in [0.717, 1.165) is 0 Å². The van der Waals surface area contributed by atoms with Crippen molar-refractivity contribution in [2.75, 3.05) is 20.2 Å². The highest BCUT2D eigenvalue weighted by Crippen LogP contribution is 2.13. The van der Waals surface area contributed by atoms with Gasteiger partial charge in [0.05, 0.1) is 12.7 Å². The molecule has 2 N–H and O–H groups in total. The van der Waals surface area contributed by atoms with Gasteiger partial charge in [0.15, 0.2) is 0 Å². The number of likely N-dealkylation sites (N-methyl/N-ethyl adjacent to an activating group) is 1. The third kappa shape index (κ3) is 1.41. The van der Waals surface area contributed by atoms with E-state index in [0.29, 0.717) is 13.0 Å². The molecule has 0 bridgehead atoms. The number of hydrogen-bond donors (Lipinski definition) is 2. The Labute approximate surface area is 54.9 Å². The van der Waals surface area contributed by atoms with Crippen LogP contribution in [0.15, 0.2) is 0 Å². The van der Waals surface area contributed by atoms with E-state index in [-0.39, 0.29) is 18.8 Å². The van der Waals surface area contributed by atoms with Crippen molar-refractivity contribution < 1.29 is 10.2 Å². The number of aliphatic hydroxyl groups is 2. The molecule has 0 aromatic carbocycles. The van der Waals surface area contributed by atoms with Crippen molar-refractivity contribution in [3.8, 4) is 0 Å². The van der Waals surface area contributed by atoms with E-state index in [2.05, 4.69) is 0 Å². The Morgan fingerprint density at radius 3 is 2.56 bits per heavy atom. The average molecular weight is 131 g/mol. The second kappa shape index (κ2) is 2.64. The SMILES string of the molecule is CN1CC(O)C[C@H]1CO. The van der Waals surface area contributed by atoms with Gasteiger partial charge in [-0.25, -0.2) is 0 Å². The summed E-state index contributed by atoms with van der Waals surface area (Å²) in [6.07, 6.45) is 0.486. The number of β-amino-alcohol motifs (C(OH)–C–C–N with tert-alkyl or cyclic N) is 1. The normalized spacial score (nSPS) is 37.7. The molecule has 1 aliphatic rings. The highest BCUT2D eigenvalue weighted by atomic mass is 16.3. The van der Waals surface area contributed by atoms with Crippen LogP contribution in [0.4, 0.5) is 0 Å². The molecule has 9 heavy (non-hydrogen) atoms. The summed E-state index contributed by atoms with van der Waals surface area (Å²) in [5, 5.41) is 17.7. The van der Waals surface area contributed by atoms with Crippen LogP contribution in [0, 0.1) is 0 Å². The first-order valence-electron chi connectivity index (χ1n) is 3.23. The van der Waals surface area contributed by atoms with Crippen LogP contribution in [0.3, 0.4) is 0 Å². The number of nitrogens with zero attached hydrogens (tertiary/aromatic N) is 1. The van der Waals surface area contributed by atoms with Crippen LogP contribution < -0.4 is 0 Å². The number of likely N-dealkylation sites (tertiary alicyclic amines) is 1. The zero-order valence-electron chi connectivity index (χ0n) is 5.62. The standard InChI is InChI=1S/C6H13NO2/c1-7-3-6(9)2-5(7)4-8/h5-6,8-9H,2-4H2,1H3/t5-,6?/m0/s1. The Bertz CT molecular complexity index is 97.1. The molecule has 54 valence electrons. The maximum Gasteiger partial charge on any atom is 0.0682 e. The summed E-state index contributed by atoms with van der Waals surface area (Å²) in [5.41, 5.74) is 0. The molecule has 0 amide bonds. The van der Waals surface area contributed by atoms with Crippen LogP contribution in [0.5, 0.6) is 0 Å². The van der Waals surface area contributed by atoms with E-state index in [1.165, 1.54) is 0 Å². The lowest BCUT2D eigenvalue weighted by atomic mass is 10.2. The van der Waals surface area contributed by atoms with Crippen molar-refractivity contribution in [3.05, 3.63) is 0 Å². The number of rotatable bonds is 1. The lowest BCUT2D eigenvalue weighted by Crippen LogP contribution is -2.27. The van der Waals surface area contributed by atoms with Crippen molar-refractivity contribution in [2.24, 2.45) is 0 Å². The van der Waals surface area contributed by atoms with Gasteiger partial charge in [0.25, 0.3) is 0 Å². The minimum atomic E-state index is -0.229. The van der Waals surface area contributed by atoms with E-state index >= 15 is 0 Å². The number of hydrogen-bond acceptors (Lipinski definition) is 3. The summed E-state index contributed by atoms with van der Waals surface area (Å²) < 4.78 is 0. The molecule has 0 aromatic rings. The first-order chi connectivity index (χ1) is 4.24. The van der Waals surface area contributed by atoms with Crippen LogP contribution >= 0.6 is 0 Å². The van der Waals surface area contributed by atoms with Gasteiger partial charge in [-0.05, 0) is 13.5 Å². The first-order valence-corrected chi connectivity index (χ1v) is 3.23. The zero-order valence-corrected chi connectivity index (χ0v) is 5.62. The van der Waals surface area contributed by atoms with Crippen LogP contribution in [-0.4, -0.2) is 47.5 Å². The number of aliphatic hydroxyl groups excluding tert-OH is 2. The van der Waals surface area contributed by atoms with Gasteiger partial charge in [-0.2, -0.15) is 0 Å². The molecule has 1 saturated heterocycles. The summed E-state index contributed by atoms with van der Waals surface area (Å²) in [6.45, 7) is 0.860. The van der Waals surface area contributed by atoms with Crippen LogP contribution in [0.2, 0.25) is 0 Å². The molecule has 1 aliphatic heterocycles. The van der Waals surface area contributed by atoms with Crippen molar-refractivity contribution >= 4 is 0 Å². The molecule has 3 heteroatoms. The largest absolute Gasteiger partial charge is 0.395 e. The molecule has 0 spiro atoms. The molecule has 1 heterocycles. The van der Waals surface area contributed by atoms with E-state index in [1.807, 2.05) is 11.9 Å². The van der Waals surface area contributed by atoms with Gasteiger partial charge in [-0.3, -0.25) is 4.90 Å². The summed E-state index contributed by atoms with van der Waals surface area (Å²) >= 11 is 0. The molecular formula is C6H13NO2. The summed E-state index contributed by atoms with van der Waals surface area (Å²) in [4.78, 5) is 1.98. The van der Waals surface area contributed by atoms with E-state index < -0.39 is 0 Å². The smallest absolute Gasteiger partial charge is 0.0682 e. The Hall–Kier alpha value is -0.120. The van der Waals surface area contributed by atoms with Gasteiger partial charge in [-0.1, -0.05) is 0 Å². The fourth-order valence-corrected chi connectivity index (χ4v) is 1.26. The third-order valence-electron chi connectivity index (χ3n) is 1.88. The summed E-state index contributed by atoms with van der Waals surface area (Å²) in [7, 11) is 1.91. The first kappa shape index (κ1) is 6.99. The van der Waals surface area contributed by atoms with Gasteiger partial charge in [0.2, 0.25) is 0 Å². The Kier molecular flexibility index (Phi) is 2.05. The van der Waals surface area contributed by atoms with Gasteiger partial charge in [0, 0.05) is 12.6 Å². The van der Waals surface area contributed by atoms with Crippen LogP contribution in [0.1, 0.15) is 6.42 Å². The average Bonchev–Trinajstić information content (AvgIpc) is 2.10. The highest BCUT2D eigenvalue weighted by Gasteiger charge is 2.26. The second-order valence-corrected chi connectivity index (χ2v) is 2.67. The molecule has 0 radical (unpaired) electrons. The molecular weight excluding hydrogens is 118 g/mol. The van der Waals surface area contributed by atoms with E-state index in [9.17, 15) is 0 Å². The molecule has 0 aliphatic carbocycles. The zero-order chi connectivity index (χ0) is 6.85. The van der Waals surface area contributed by atoms with Crippen molar-refractivity contribution in [3.63, 3.8) is 0 Å². The lowest BCUT2D eigenvalue weighted by Gasteiger charge is -2.14. The minimum absolute atomic E-state index is 0.160. The molecule has 3 nitrogen and oxygen atoms in total. The Morgan fingerprint density at radius 1 is 1.67 bits per heavy atom. The van der Waals surface area contributed by atoms with Gasteiger partial charge in [0.1, 0.15) is 0 Å². The van der Waals surface area contributed by atoms with Crippen molar-refractivity contribution in [1.29, 1.82) is 0 Å². The monoisotopic (exact) mass is 131 g/mol. The molecule has 0 aromatic heterocycles. The highest BCUT2D eigenvalue weighted by molar-refractivity contribution is 4.81. The van der Waals surface area contributed by atoms with Gasteiger partial charge < -0.3 is 10.2 Å². The van der Waals surface area contributed by atoms with Gasteiger partial charge >= 0.3 is 0 Å². The Morgan fingerprint density at radius 2 is 2.33 bits per heavy atom. The second-order valence-electron chi connectivity index (χ2n) is 2.67. The summed E-state index contributed by atoms with van der Waals surface area (Å²) in [5.74, 6) is 0. The Balaban J connectivity index is 2.38. The molecule has 1 unspecified atom stereocenters.